The number of halogens is 1. The molecule has 0 heterocycles. The maximum atomic E-state index is 5.80. The van der Waals surface area contributed by atoms with Crippen molar-refractivity contribution in [2.24, 2.45) is 0 Å². The third kappa shape index (κ3) is 7.27. The molecule has 0 radical (unpaired) electrons. The van der Waals surface area contributed by atoms with E-state index in [1.54, 1.807) is 0 Å². The Morgan fingerprint density at radius 2 is 1.47 bits per heavy atom. The van der Waals surface area contributed by atoms with Crippen LogP contribution in [0.3, 0.4) is 0 Å². The lowest BCUT2D eigenvalue weighted by Crippen LogP contribution is -1.96. The Kier molecular flexibility index (Phi) is 7.91. The van der Waals surface area contributed by atoms with Gasteiger partial charge in [-0.3, -0.25) is 0 Å². The van der Waals surface area contributed by atoms with Gasteiger partial charge in [0.1, 0.15) is 5.75 Å². The summed E-state index contributed by atoms with van der Waals surface area (Å²) in [5.41, 5.74) is 0. The second kappa shape index (κ2) is 9.35. The van der Waals surface area contributed by atoms with E-state index >= 15 is 0 Å². The minimum absolute atomic E-state index is 0.758. The van der Waals surface area contributed by atoms with Crippen LogP contribution >= 0.6 is 11.6 Å². The average molecular weight is 255 g/mol. The summed E-state index contributed by atoms with van der Waals surface area (Å²) in [6, 6.07) is 7.57. The van der Waals surface area contributed by atoms with Crippen LogP contribution in [0.5, 0.6) is 5.75 Å². The third-order valence-electron chi connectivity index (χ3n) is 2.83. The van der Waals surface area contributed by atoms with E-state index in [4.69, 9.17) is 16.3 Å². The van der Waals surface area contributed by atoms with Crippen LogP contribution in [0.4, 0.5) is 0 Å². The van der Waals surface area contributed by atoms with E-state index in [1.807, 2.05) is 24.3 Å². The van der Waals surface area contributed by atoms with Crippen molar-refractivity contribution < 1.29 is 4.74 Å². The van der Waals surface area contributed by atoms with Crippen LogP contribution in [0.2, 0.25) is 5.02 Å². The lowest BCUT2D eigenvalue weighted by molar-refractivity contribution is 0.304. The van der Waals surface area contributed by atoms with E-state index in [2.05, 4.69) is 6.92 Å². The number of rotatable bonds is 9. The number of benzene rings is 1. The summed E-state index contributed by atoms with van der Waals surface area (Å²) in [6.45, 7) is 3.06. The van der Waals surface area contributed by atoms with E-state index in [1.165, 1.54) is 38.5 Å². The van der Waals surface area contributed by atoms with Gasteiger partial charge in [-0.05, 0) is 30.7 Å². The van der Waals surface area contributed by atoms with Gasteiger partial charge in [-0.15, -0.1) is 0 Å². The molecular formula is C15H23ClO. The van der Waals surface area contributed by atoms with Gasteiger partial charge >= 0.3 is 0 Å². The number of hydrogen-bond donors (Lipinski definition) is 0. The molecule has 1 nitrogen and oxygen atoms in total. The highest BCUT2D eigenvalue weighted by atomic mass is 35.5. The first-order valence-corrected chi connectivity index (χ1v) is 7.09. The topological polar surface area (TPSA) is 9.23 Å². The molecule has 0 aliphatic heterocycles. The van der Waals surface area contributed by atoms with Crippen molar-refractivity contribution in [2.75, 3.05) is 6.61 Å². The van der Waals surface area contributed by atoms with Crippen molar-refractivity contribution in [1.82, 2.24) is 0 Å². The van der Waals surface area contributed by atoms with Crippen LogP contribution in [0.15, 0.2) is 24.3 Å². The molecule has 17 heavy (non-hydrogen) atoms. The fourth-order valence-electron chi connectivity index (χ4n) is 1.78. The van der Waals surface area contributed by atoms with E-state index < -0.39 is 0 Å². The molecule has 0 aromatic heterocycles. The molecule has 0 N–H and O–H groups in total. The monoisotopic (exact) mass is 254 g/mol. The normalized spacial score (nSPS) is 10.5. The summed E-state index contributed by atoms with van der Waals surface area (Å²) in [5, 5.41) is 0.758. The Morgan fingerprint density at radius 3 is 2.12 bits per heavy atom. The smallest absolute Gasteiger partial charge is 0.119 e. The Bertz CT molecular complexity index is 281. The summed E-state index contributed by atoms with van der Waals surface area (Å²) >= 11 is 5.80. The maximum Gasteiger partial charge on any atom is 0.119 e. The Morgan fingerprint density at radius 1 is 0.882 bits per heavy atom. The fraction of sp³-hybridized carbons (Fsp3) is 0.600. The van der Waals surface area contributed by atoms with Gasteiger partial charge in [0.15, 0.2) is 0 Å². The molecule has 0 saturated heterocycles. The van der Waals surface area contributed by atoms with Gasteiger partial charge in [0.2, 0.25) is 0 Å². The molecule has 0 bridgehead atoms. The zero-order valence-electron chi connectivity index (χ0n) is 10.8. The van der Waals surface area contributed by atoms with E-state index in [9.17, 15) is 0 Å². The fourth-order valence-corrected chi connectivity index (χ4v) is 1.91. The minimum Gasteiger partial charge on any atom is -0.494 e. The molecular weight excluding hydrogens is 232 g/mol. The first-order valence-electron chi connectivity index (χ1n) is 6.71. The zero-order chi connectivity index (χ0) is 12.3. The molecule has 0 aliphatic carbocycles. The molecule has 1 aromatic carbocycles. The van der Waals surface area contributed by atoms with Crippen molar-refractivity contribution in [3.05, 3.63) is 29.3 Å². The van der Waals surface area contributed by atoms with Gasteiger partial charge in [-0.1, -0.05) is 57.0 Å². The summed E-state index contributed by atoms with van der Waals surface area (Å²) in [4.78, 5) is 0. The SMILES string of the molecule is CCCCCCCCCOc1ccc(Cl)cc1. The first-order chi connectivity index (χ1) is 8.33. The third-order valence-corrected chi connectivity index (χ3v) is 3.08. The van der Waals surface area contributed by atoms with Gasteiger partial charge in [-0.2, -0.15) is 0 Å². The van der Waals surface area contributed by atoms with Gasteiger partial charge < -0.3 is 4.74 Å². The van der Waals surface area contributed by atoms with Crippen molar-refractivity contribution in [2.45, 2.75) is 51.9 Å². The Hall–Kier alpha value is -0.690. The molecule has 0 saturated carbocycles. The van der Waals surface area contributed by atoms with Crippen LogP contribution in [-0.2, 0) is 0 Å². The highest BCUT2D eigenvalue weighted by molar-refractivity contribution is 6.30. The highest BCUT2D eigenvalue weighted by Gasteiger charge is 1.94. The molecule has 2 heteroatoms. The van der Waals surface area contributed by atoms with Crippen LogP contribution < -0.4 is 4.74 Å². The van der Waals surface area contributed by atoms with Crippen molar-refractivity contribution in [1.29, 1.82) is 0 Å². The minimum atomic E-state index is 0.758. The number of unbranched alkanes of at least 4 members (excludes halogenated alkanes) is 6. The van der Waals surface area contributed by atoms with Crippen molar-refractivity contribution in [3.63, 3.8) is 0 Å². The van der Waals surface area contributed by atoms with E-state index in [0.29, 0.717) is 0 Å². The van der Waals surface area contributed by atoms with Gasteiger partial charge in [0.05, 0.1) is 6.61 Å². The number of hydrogen-bond acceptors (Lipinski definition) is 1. The number of ether oxygens (including phenoxy) is 1. The molecule has 0 aliphatic rings. The standard InChI is InChI=1S/C15H23ClO/c1-2-3-4-5-6-7-8-13-17-15-11-9-14(16)10-12-15/h9-12H,2-8,13H2,1H3. The average Bonchev–Trinajstić information content (AvgIpc) is 2.35. The van der Waals surface area contributed by atoms with Crippen LogP contribution in [-0.4, -0.2) is 6.61 Å². The van der Waals surface area contributed by atoms with Gasteiger partial charge in [-0.25, -0.2) is 0 Å². The molecule has 1 aromatic rings. The first kappa shape index (κ1) is 14.4. The molecule has 0 spiro atoms. The Labute approximate surface area is 110 Å². The molecule has 0 amide bonds. The van der Waals surface area contributed by atoms with Crippen LogP contribution in [0, 0.1) is 0 Å². The Balaban J connectivity index is 1.95. The largest absolute Gasteiger partial charge is 0.494 e. The van der Waals surface area contributed by atoms with Crippen molar-refractivity contribution in [3.8, 4) is 5.75 Å². The van der Waals surface area contributed by atoms with Gasteiger partial charge in [0, 0.05) is 5.02 Å². The molecule has 0 fully saturated rings. The second-order valence-corrected chi connectivity index (χ2v) is 4.86. The summed E-state index contributed by atoms with van der Waals surface area (Å²) in [5.74, 6) is 0.917. The molecule has 1 rings (SSSR count). The molecule has 96 valence electrons. The van der Waals surface area contributed by atoms with Gasteiger partial charge in [0.25, 0.3) is 0 Å². The van der Waals surface area contributed by atoms with Crippen molar-refractivity contribution >= 4 is 11.6 Å². The summed E-state index contributed by atoms with van der Waals surface area (Å²) in [7, 11) is 0. The molecule has 0 atom stereocenters. The van der Waals surface area contributed by atoms with Crippen LogP contribution in [0.25, 0.3) is 0 Å². The van der Waals surface area contributed by atoms with E-state index in [0.717, 1.165) is 23.8 Å². The highest BCUT2D eigenvalue weighted by Crippen LogP contribution is 2.16. The van der Waals surface area contributed by atoms with E-state index in [-0.39, 0.29) is 0 Å². The van der Waals surface area contributed by atoms with Crippen LogP contribution in [0.1, 0.15) is 51.9 Å². The molecule has 0 unspecified atom stereocenters. The lowest BCUT2D eigenvalue weighted by atomic mass is 10.1. The predicted molar refractivity (Wildman–Crippen MR) is 74.9 cm³/mol. The summed E-state index contributed by atoms with van der Waals surface area (Å²) in [6.07, 6.45) is 9.21. The predicted octanol–water partition coefficient (Wildman–Crippen LogP) is 5.47. The zero-order valence-corrected chi connectivity index (χ0v) is 11.5. The quantitative estimate of drug-likeness (QED) is 0.531. The second-order valence-electron chi connectivity index (χ2n) is 4.42. The lowest BCUT2D eigenvalue weighted by Gasteiger charge is -2.06. The summed E-state index contributed by atoms with van der Waals surface area (Å²) < 4.78 is 5.63. The maximum absolute atomic E-state index is 5.80.